The average molecular weight is 229 g/mol. The normalized spacial score (nSPS) is 30.4. The number of nitrogens with one attached hydrogen (secondary N) is 1. The third-order valence-corrected chi connectivity index (χ3v) is 5.06. The van der Waals surface area contributed by atoms with Gasteiger partial charge in [0.1, 0.15) is 0 Å². The van der Waals surface area contributed by atoms with E-state index in [1.165, 1.54) is 31.4 Å². The summed E-state index contributed by atoms with van der Waals surface area (Å²) >= 11 is 2.19. The lowest BCUT2D eigenvalue weighted by atomic mass is 9.73. The van der Waals surface area contributed by atoms with Crippen molar-refractivity contribution in [2.75, 3.05) is 12.3 Å². The van der Waals surface area contributed by atoms with E-state index in [2.05, 4.69) is 44.8 Å². The molecule has 0 radical (unpaired) electrons. The van der Waals surface area contributed by atoms with Crippen LogP contribution in [0.25, 0.3) is 0 Å². The van der Waals surface area contributed by atoms with Crippen LogP contribution in [0.1, 0.15) is 53.4 Å². The first-order chi connectivity index (χ1) is 7.11. The molecule has 0 aromatic rings. The monoisotopic (exact) mass is 229 g/mol. The second kappa shape index (κ2) is 6.15. The van der Waals surface area contributed by atoms with Gasteiger partial charge in [0.25, 0.3) is 0 Å². The molecule has 2 heteroatoms. The van der Waals surface area contributed by atoms with Gasteiger partial charge in [0.15, 0.2) is 0 Å². The van der Waals surface area contributed by atoms with Gasteiger partial charge in [-0.3, -0.25) is 0 Å². The van der Waals surface area contributed by atoms with Crippen molar-refractivity contribution in [2.24, 2.45) is 5.41 Å². The topological polar surface area (TPSA) is 12.0 Å². The number of rotatable bonds is 5. The summed E-state index contributed by atoms with van der Waals surface area (Å²) in [7, 11) is 0. The van der Waals surface area contributed by atoms with E-state index in [1.54, 1.807) is 0 Å². The molecule has 1 aliphatic carbocycles. The van der Waals surface area contributed by atoms with E-state index < -0.39 is 0 Å². The SMILES string of the molecule is CCCSC1CCCC(C)(C)C1NCC. The standard InChI is InChI=1S/C13H27NS/c1-5-10-15-11-8-7-9-13(3,4)12(11)14-6-2/h11-12,14H,5-10H2,1-4H3. The highest BCUT2D eigenvalue weighted by Crippen LogP contribution is 2.40. The average Bonchev–Trinajstić information content (AvgIpc) is 2.19. The fraction of sp³-hybridized carbons (Fsp3) is 1.00. The summed E-state index contributed by atoms with van der Waals surface area (Å²) in [6.07, 6.45) is 5.51. The highest BCUT2D eigenvalue weighted by Gasteiger charge is 2.38. The van der Waals surface area contributed by atoms with Gasteiger partial charge < -0.3 is 5.32 Å². The summed E-state index contributed by atoms with van der Waals surface area (Å²) < 4.78 is 0. The molecular weight excluding hydrogens is 202 g/mol. The first-order valence-corrected chi connectivity index (χ1v) is 7.51. The van der Waals surface area contributed by atoms with Gasteiger partial charge in [0.05, 0.1) is 0 Å². The van der Waals surface area contributed by atoms with Crippen molar-refractivity contribution in [2.45, 2.75) is 64.7 Å². The molecule has 2 atom stereocenters. The molecule has 2 unspecified atom stereocenters. The summed E-state index contributed by atoms with van der Waals surface area (Å²) in [6.45, 7) is 10.5. The van der Waals surface area contributed by atoms with Crippen LogP contribution < -0.4 is 5.32 Å². The lowest BCUT2D eigenvalue weighted by molar-refractivity contribution is 0.176. The van der Waals surface area contributed by atoms with Gasteiger partial charge in [0.2, 0.25) is 0 Å². The number of thioether (sulfide) groups is 1. The summed E-state index contributed by atoms with van der Waals surface area (Å²) in [5.74, 6) is 1.32. The van der Waals surface area contributed by atoms with Gasteiger partial charge in [-0.15, -0.1) is 0 Å². The molecular formula is C13H27NS. The summed E-state index contributed by atoms with van der Waals surface area (Å²) in [6, 6.07) is 0.716. The molecule has 0 aromatic carbocycles. The van der Waals surface area contributed by atoms with E-state index in [-0.39, 0.29) is 0 Å². The number of hydrogen-bond acceptors (Lipinski definition) is 2. The maximum atomic E-state index is 3.71. The van der Waals surface area contributed by atoms with E-state index in [0.717, 1.165) is 11.8 Å². The molecule has 1 nitrogen and oxygen atoms in total. The zero-order chi connectivity index (χ0) is 11.3. The molecule has 0 saturated heterocycles. The van der Waals surface area contributed by atoms with Gasteiger partial charge in [-0.2, -0.15) is 11.8 Å². The van der Waals surface area contributed by atoms with Crippen molar-refractivity contribution < 1.29 is 0 Å². The molecule has 15 heavy (non-hydrogen) atoms. The Morgan fingerprint density at radius 2 is 2.07 bits per heavy atom. The molecule has 0 spiro atoms. The minimum atomic E-state index is 0.486. The Morgan fingerprint density at radius 3 is 2.67 bits per heavy atom. The third kappa shape index (κ3) is 3.67. The molecule has 1 saturated carbocycles. The van der Waals surface area contributed by atoms with Gasteiger partial charge in [-0.1, -0.05) is 34.1 Å². The van der Waals surface area contributed by atoms with E-state index in [4.69, 9.17) is 0 Å². The molecule has 90 valence electrons. The van der Waals surface area contributed by atoms with Crippen molar-refractivity contribution >= 4 is 11.8 Å². The lowest BCUT2D eigenvalue weighted by Gasteiger charge is -2.44. The van der Waals surface area contributed by atoms with Crippen LogP contribution in [0.3, 0.4) is 0 Å². The van der Waals surface area contributed by atoms with Crippen LogP contribution in [-0.4, -0.2) is 23.6 Å². The Kier molecular flexibility index (Phi) is 5.48. The van der Waals surface area contributed by atoms with Crippen molar-refractivity contribution in [1.82, 2.24) is 5.32 Å². The molecule has 1 rings (SSSR count). The minimum absolute atomic E-state index is 0.486. The fourth-order valence-electron chi connectivity index (χ4n) is 2.66. The van der Waals surface area contributed by atoms with Crippen molar-refractivity contribution in [3.8, 4) is 0 Å². The Balaban J connectivity index is 2.57. The molecule has 0 amide bonds. The summed E-state index contributed by atoms with van der Waals surface area (Å²) in [4.78, 5) is 0. The van der Waals surface area contributed by atoms with Crippen molar-refractivity contribution in [3.63, 3.8) is 0 Å². The quantitative estimate of drug-likeness (QED) is 0.772. The Labute approximate surface area is 99.8 Å². The molecule has 0 aromatic heterocycles. The largest absolute Gasteiger partial charge is 0.313 e. The van der Waals surface area contributed by atoms with Gasteiger partial charge in [0, 0.05) is 11.3 Å². The first kappa shape index (κ1) is 13.4. The van der Waals surface area contributed by atoms with Crippen molar-refractivity contribution in [1.29, 1.82) is 0 Å². The molecule has 1 aliphatic rings. The van der Waals surface area contributed by atoms with Crippen LogP contribution in [0.15, 0.2) is 0 Å². The van der Waals surface area contributed by atoms with Crippen LogP contribution in [0, 0.1) is 5.41 Å². The van der Waals surface area contributed by atoms with Gasteiger partial charge in [-0.25, -0.2) is 0 Å². The van der Waals surface area contributed by atoms with Crippen LogP contribution in [0.2, 0.25) is 0 Å². The molecule has 0 bridgehead atoms. The molecule has 0 aliphatic heterocycles. The third-order valence-electron chi connectivity index (χ3n) is 3.48. The zero-order valence-corrected chi connectivity index (χ0v) is 11.6. The smallest absolute Gasteiger partial charge is 0.0237 e. The number of hydrogen-bond donors (Lipinski definition) is 1. The second-order valence-corrected chi connectivity index (χ2v) is 6.67. The highest BCUT2D eigenvalue weighted by molar-refractivity contribution is 7.99. The van der Waals surface area contributed by atoms with E-state index in [1.807, 2.05) is 0 Å². The predicted molar refractivity (Wildman–Crippen MR) is 71.6 cm³/mol. The summed E-state index contributed by atoms with van der Waals surface area (Å²) in [5, 5.41) is 4.55. The Bertz CT molecular complexity index is 179. The first-order valence-electron chi connectivity index (χ1n) is 6.46. The lowest BCUT2D eigenvalue weighted by Crippen LogP contribution is -2.51. The van der Waals surface area contributed by atoms with Crippen LogP contribution in [0.5, 0.6) is 0 Å². The summed E-state index contributed by atoms with van der Waals surface area (Å²) in [5.41, 5.74) is 0.486. The predicted octanol–water partition coefficient (Wildman–Crippen LogP) is 3.69. The maximum Gasteiger partial charge on any atom is 0.0237 e. The fourth-order valence-corrected chi connectivity index (χ4v) is 4.19. The van der Waals surface area contributed by atoms with E-state index in [9.17, 15) is 0 Å². The van der Waals surface area contributed by atoms with Gasteiger partial charge >= 0.3 is 0 Å². The second-order valence-electron chi connectivity index (χ2n) is 5.33. The van der Waals surface area contributed by atoms with Crippen LogP contribution >= 0.6 is 11.8 Å². The van der Waals surface area contributed by atoms with E-state index in [0.29, 0.717) is 11.5 Å². The van der Waals surface area contributed by atoms with Crippen LogP contribution in [-0.2, 0) is 0 Å². The van der Waals surface area contributed by atoms with Gasteiger partial charge in [-0.05, 0) is 37.0 Å². The Hall–Kier alpha value is 0.310. The Morgan fingerprint density at radius 1 is 1.33 bits per heavy atom. The maximum absolute atomic E-state index is 3.71. The molecule has 0 heterocycles. The molecule has 1 N–H and O–H groups in total. The highest BCUT2D eigenvalue weighted by atomic mass is 32.2. The van der Waals surface area contributed by atoms with Crippen molar-refractivity contribution in [3.05, 3.63) is 0 Å². The minimum Gasteiger partial charge on any atom is -0.313 e. The van der Waals surface area contributed by atoms with Crippen LogP contribution in [0.4, 0.5) is 0 Å². The zero-order valence-electron chi connectivity index (χ0n) is 10.8. The van der Waals surface area contributed by atoms with E-state index >= 15 is 0 Å². The molecule has 1 fully saturated rings.